The molecule has 0 amide bonds. The second-order valence-electron chi connectivity index (χ2n) is 6.29. The average molecular weight is 348 g/mol. The van der Waals surface area contributed by atoms with E-state index in [4.69, 9.17) is 0 Å². The summed E-state index contributed by atoms with van der Waals surface area (Å²) in [4.78, 5) is 28.5. The molecule has 0 aromatic carbocycles. The molecular weight excluding hydrogens is 328 g/mol. The molecule has 0 radical (unpaired) electrons. The normalized spacial score (nSPS) is 16.7. The molecule has 4 rings (SSSR count). The van der Waals surface area contributed by atoms with Crippen molar-refractivity contribution in [2.75, 3.05) is 16.8 Å². The molecule has 1 atom stereocenters. The van der Waals surface area contributed by atoms with Crippen molar-refractivity contribution < 1.29 is 0 Å². The van der Waals surface area contributed by atoms with E-state index >= 15 is 0 Å². The minimum atomic E-state index is 0.170. The molecule has 0 aliphatic carbocycles. The van der Waals surface area contributed by atoms with Crippen molar-refractivity contribution in [1.82, 2.24) is 29.9 Å². The van der Waals surface area contributed by atoms with Crippen LogP contribution in [0.2, 0.25) is 0 Å². The zero-order valence-electron chi connectivity index (χ0n) is 14.8. The third kappa shape index (κ3) is 3.44. The Labute approximate surface area is 151 Å². The molecule has 1 fully saturated rings. The number of hydrogen-bond acceptors (Lipinski definition) is 8. The maximum absolute atomic E-state index is 4.68. The number of nitrogens with one attached hydrogen (secondary N) is 1. The smallest absolute Gasteiger partial charge is 0.228 e. The van der Waals surface area contributed by atoms with Gasteiger partial charge in [-0.3, -0.25) is 0 Å². The first-order valence-electron chi connectivity index (χ1n) is 8.64. The van der Waals surface area contributed by atoms with Crippen molar-refractivity contribution in [3.8, 4) is 0 Å². The van der Waals surface area contributed by atoms with E-state index in [-0.39, 0.29) is 6.04 Å². The maximum atomic E-state index is 4.68. The zero-order chi connectivity index (χ0) is 17.9. The number of nitrogens with zero attached hydrogens (tertiary/aromatic N) is 7. The highest BCUT2D eigenvalue weighted by Crippen LogP contribution is 2.35. The molecule has 1 saturated heterocycles. The Hall–Kier alpha value is -3.16. The van der Waals surface area contributed by atoms with Crippen LogP contribution in [0.15, 0.2) is 36.9 Å². The fourth-order valence-corrected chi connectivity index (χ4v) is 3.25. The molecule has 3 aromatic heterocycles. The molecule has 26 heavy (non-hydrogen) atoms. The Morgan fingerprint density at radius 2 is 1.88 bits per heavy atom. The van der Waals surface area contributed by atoms with Crippen LogP contribution in [0.4, 0.5) is 17.6 Å². The van der Waals surface area contributed by atoms with Gasteiger partial charge < -0.3 is 10.2 Å². The van der Waals surface area contributed by atoms with Crippen LogP contribution in [0.1, 0.15) is 36.1 Å². The summed E-state index contributed by atoms with van der Waals surface area (Å²) in [5.74, 6) is 2.87. The molecule has 1 aliphatic rings. The highest BCUT2D eigenvalue weighted by molar-refractivity contribution is 5.50. The van der Waals surface area contributed by atoms with Crippen molar-refractivity contribution in [1.29, 1.82) is 0 Å². The van der Waals surface area contributed by atoms with Gasteiger partial charge in [0, 0.05) is 36.8 Å². The lowest BCUT2D eigenvalue weighted by Gasteiger charge is -2.25. The van der Waals surface area contributed by atoms with Crippen molar-refractivity contribution >= 4 is 17.6 Å². The van der Waals surface area contributed by atoms with Crippen LogP contribution in [0.5, 0.6) is 0 Å². The topological polar surface area (TPSA) is 92.6 Å². The summed E-state index contributed by atoms with van der Waals surface area (Å²) in [6.45, 7) is 4.83. The van der Waals surface area contributed by atoms with Crippen LogP contribution in [0, 0.1) is 13.8 Å². The van der Waals surface area contributed by atoms with Gasteiger partial charge in [-0.25, -0.2) is 29.9 Å². The molecule has 0 bridgehead atoms. The van der Waals surface area contributed by atoms with Gasteiger partial charge in [-0.15, -0.1) is 0 Å². The van der Waals surface area contributed by atoms with Crippen LogP contribution < -0.4 is 10.2 Å². The van der Waals surface area contributed by atoms with Crippen LogP contribution in [-0.2, 0) is 0 Å². The van der Waals surface area contributed by atoms with Gasteiger partial charge in [0.05, 0.1) is 11.7 Å². The van der Waals surface area contributed by atoms with E-state index in [1.54, 1.807) is 24.8 Å². The Morgan fingerprint density at radius 1 is 1.04 bits per heavy atom. The average Bonchev–Trinajstić information content (AvgIpc) is 3.12. The Kier molecular flexibility index (Phi) is 4.39. The lowest BCUT2D eigenvalue weighted by molar-refractivity contribution is 0.679. The predicted molar refractivity (Wildman–Crippen MR) is 98.2 cm³/mol. The van der Waals surface area contributed by atoms with Crippen molar-refractivity contribution in [3.63, 3.8) is 0 Å². The fourth-order valence-electron chi connectivity index (χ4n) is 3.25. The summed E-state index contributed by atoms with van der Waals surface area (Å²) in [5, 5.41) is 3.15. The molecule has 8 heteroatoms. The first-order chi connectivity index (χ1) is 12.7. The number of aromatic nitrogens is 6. The lowest BCUT2D eigenvalue weighted by Crippen LogP contribution is -2.25. The molecule has 3 aromatic rings. The standard InChI is InChI=1S/C18H20N8/c1-12-9-17(22-11-21-12)26-8-3-5-15(26)14-10-16(24-13(2)23-14)25-18-19-6-4-7-20-18/h4,6-7,9-11,15H,3,5,8H2,1-2H3,(H,19,20,23,24,25)/t15-/m0/s1. The van der Waals surface area contributed by atoms with Gasteiger partial charge >= 0.3 is 0 Å². The molecule has 132 valence electrons. The Bertz CT molecular complexity index is 899. The molecule has 8 nitrogen and oxygen atoms in total. The molecule has 1 N–H and O–H groups in total. The van der Waals surface area contributed by atoms with Crippen molar-refractivity contribution in [3.05, 3.63) is 54.1 Å². The van der Waals surface area contributed by atoms with Gasteiger partial charge in [0.2, 0.25) is 5.95 Å². The van der Waals surface area contributed by atoms with Crippen molar-refractivity contribution in [2.24, 2.45) is 0 Å². The van der Waals surface area contributed by atoms with Gasteiger partial charge in [-0.2, -0.15) is 0 Å². The predicted octanol–water partition coefficient (Wildman–Crippen LogP) is 2.76. The fraction of sp³-hybridized carbons (Fsp3) is 0.333. The molecule has 1 aliphatic heterocycles. The lowest BCUT2D eigenvalue weighted by atomic mass is 10.1. The molecular formula is C18H20N8. The quantitative estimate of drug-likeness (QED) is 0.769. The monoisotopic (exact) mass is 348 g/mol. The second-order valence-corrected chi connectivity index (χ2v) is 6.29. The van der Waals surface area contributed by atoms with E-state index in [0.29, 0.717) is 17.6 Å². The highest BCUT2D eigenvalue weighted by Gasteiger charge is 2.29. The van der Waals surface area contributed by atoms with Crippen LogP contribution in [-0.4, -0.2) is 36.4 Å². The maximum Gasteiger partial charge on any atom is 0.228 e. The van der Waals surface area contributed by atoms with Gasteiger partial charge in [-0.05, 0) is 32.8 Å². The first kappa shape index (κ1) is 16.3. The van der Waals surface area contributed by atoms with Crippen molar-refractivity contribution in [2.45, 2.75) is 32.7 Å². The van der Waals surface area contributed by atoms with Gasteiger partial charge in [-0.1, -0.05) is 0 Å². The summed E-state index contributed by atoms with van der Waals surface area (Å²) in [6.07, 6.45) is 7.13. The van der Waals surface area contributed by atoms with Gasteiger partial charge in [0.15, 0.2) is 0 Å². The summed E-state index contributed by atoms with van der Waals surface area (Å²) in [6, 6.07) is 5.94. The number of aryl methyl sites for hydroxylation is 2. The summed E-state index contributed by atoms with van der Waals surface area (Å²) in [7, 11) is 0. The van der Waals surface area contributed by atoms with E-state index < -0.39 is 0 Å². The number of anilines is 3. The molecule has 0 spiro atoms. The third-order valence-electron chi connectivity index (χ3n) is 4.34. The van der Waals surface area contributed by atoms with E-state index in [9.17, 15) is 0 Å². The summed E-state index contributed by atoms with van der Waals surface area (Å²) >= 11 is 0. The van der Waals surface area contributed by atoms with Crippen LogP contribution in [0.3, 0.4) is 0 Å². The summed E-state index contributed by atoms with van der Waals surface area (Å²) < 4.78 is 0. The first-order valence-corrected chi connectivity index (χ1v) is 8.64. The van der Waals surface area contributed by atoms with E-state index in [1.807, 2.05) is 26.0 Å². The van der Waals surface area contributed by atoms with Crippen LogP contribution >= 0.6 is 0 Å². The number of hydrogen-bond donors (Lipinski definition) is 1. The number of rotatable bonds is 4. The van der Waals surface area contributed by atoms with E-state index in [1.165, 1.54) is 0 Å². The minimum absolute atomic E-state index is 0.170. The van der Waals surface area contributed by atoms with Crippen LogP contribution in [0.25, 0.3) is 0 Å². The molecule has 0 saturated carbocycles. The van der Waals surface area contributed by atoms with Gasteiger partial charge in [0.1, 0.15) is 23.8 Å². The van der Waals surface area contributed by atoms with Gasteiger partial charge in [0.25, 0.3) is 0 Å². The third-order valence-corrected chi connectivity index (χ3v) is 4.34. The Morgan fingerprint density at radius 3 is 2.69 bits per heavy atom. The SMILES string of the molecule is Cc1cc(N2CCC[C@H]2c2cc(Nc3ncccn3)nc(C)n2)ncn1. The largest absolute Gasteiger partial charge is 0.348 e. The highest BCUT2D eigenvalue weighted by atomic mass is 15.2. The molecule has 4 heterocycles. The van der Waals surface area contributed by atoms with E-state index in [2.05, 4.69) is 40.1 Å². The second kappa shape index (κ2) is 6.99. The summed E-state index contributed by atoms with van der Waals surface area (Å²) in [5.41, 5.74) is 1.94. The minimum Gasteiger partial charge on any atom is -0.348 e. The Balaban J connectivity index is 1.64. The zero-order valence-corrected chi connectivity index (χ0v) is 14.8. The van der Waals surface area contributed by atoms with E-state index in [0.717, 1.165) is 36.6 Å². The molecule has 0 unspecified atom stereocenters.